The number of carbonyl (C=O) groups is 1. The number of pyridine rings is 1. The number of halogens is 1. The number of hydrogen-bond donors (Lipinski definition) is 1. The Morgan fingerprint density at radius 3 is 2.68 bits per heavy atom. The Morgan fingerprint density at radius 2 is 1.90 bits per heavy atom. The Kier molecular flexibility index (Phi) is 5.58. The summed E-state index contributed by atoms with van der Waals surface area (Å²) in [7, 11) is 0. The van der Waals surface area contributed by atoms with Crippen LogP contribution in [0.1, 0.15) is 21.5 Å². The zero-order valence-electron chi connectivity index (χ0n) is 16.5. The van der Waals surface area contributed by atoms with Crippen molar-refractivity contribution in [2.24, 2.45) is 0 Å². The molecule has 0 aliphatic rings. The van der Waals surface area contributed by atoms with Gasteiger partial charge in [-0.15, -0.1) is 0 Å². The van der Waals surface area contributed by atoms with Gasteiger partial charge in [0, 0.05) is 24.8 Å². The summed E-state index contributed by atoms with van der Waals surface area (Å²) in [5.41, 5.74) is 2.47. The van der Waals surface area contributed by atoms with Crippen molar-refractivity contribution in [3.8, 4) is 6.07 Å². The minimum Gasteiger partial charge on any atom is -0.350 e. The van der Waals surface area contributed by atoms with Crippen LogP contribution in [0.2, 0.25) is 0 Å². The molecule has 0 spiro atoms. The number of benzene rings is 2. The zero-order chi connectivity index (χ0) is 21.8. The van der Waals surface area contributed by atoms with Crippen LogP contribution in [0.5, 0.6) is 0 Å². The van der Waals surface area contributed by atoms with E-state index in [0.29, 0.717) is 22.3 Å². The Bertz CT molecular complexity index is 1350. The third-order valence-electron chi connectivity index (χ3n) is 4.90. The zero-order valence-corrected chi connectivity index (χ0v) is 16.5. The number of nitriles is 1. The average molecular weight is 415 g/mol. The second kappa shape index (κ2) is 8.63. The normalized spacial score (nSPS) is 10.7. The standard InChI is InChI=1S/C23H18FN5O2/c24-19-8-6-16(7-9-19)15-29-20-5-2-10-26-21(20)28(23(29)31)12-11-27-22(30)18-4-1-3-17(13-18)14-25/h1-10,13H,11-12,15H2,(H,27,30). The molecule has 0 unspecified atom stereocenters. The SMILES string of the molecule is N#Cc1cccc(C(=O)NCCn2c(=O)n(Cc3ccc(F)cc3)c3cccnc32)c1. The third kappa shape index (κ3) is 4.21. The molecule has 0 aliphatic carbocycles. The molecule has 2 aromatic carbocycles. The Labute approximate surface area is 177 Å². The fraction of sp³-hybridized carbons (Fsp3) is 0.130. The van der Waals surface area contributed by atoms with Gasteiger partial charge in [-0.1, -0.05) is 18.2 Å². The van der Waals surface area contributed by atoms with Crippen molar-refractivity contribution in [3.63, 3.8) is 0 Å². The first-order chi connectivity index (χ1) is 15.1. The fourth-order valence-corrected chi connectivity index (χ4v) is 3.39. The van der Waals surface area contributed by atoms with E-state index in [1.807, 2.05) is 6.07 Å². The summed E-state index contributed by atoms with van der Waals surface area (Å²) in [6.07, 6.45) is 1.60. The molecule has 154 valence electrons. The lowest BCUT2D eigenvalue weighted by molar-refractivity contribution is 0.0952. The van der Waals surface area contributed by atoms with Gasteiger partial charge in [-0.3, -0.25) is 13.9 Å². The van der Waals surface area contributed by atoms with E-state index in [2.05, 4.69) is 10.3 Å². The molecule has 1 N–H and O–H groups in total. The highest BCUT2D eigenvalue weighted by Gasteiger charge is 2.15. The van der Waals surface area contributed by atoms with Gasteiger partial charge in [-0.05, 0) is 48.0 Å². The largest absolute Gasteiger partial charge is 0.350 e. The number of imidazole rings is 1. The molecule has 0 saturated heterocycles. The van der Waals surface area contributed by atoms with Crippen molar-refractivity contribution >= 4 is 17.1 Å². The molecular weight excluding hydrogens is 397 g/mol. The van der Waals surface area contributed by atoms with E-state index in [4.69, 9.17) is 5.26 Å². The van der Waals surface area contributed by atoms with Crippen LogP contribution in [0.15, 0.2) is 71.7 Å². The summed E-state index contributed by atoms with van der Waals surface area (Å²) in [6.45, 7) is 0.718. The molecule has 1 amide bonds. The summed E-state index contributed by atoms with van der Waals surface area (Å²) in [5, 5.41) is 11.7. The smallest absolute Gasteiger partial charge is 0.330 e. The predicted octanol–water partition coefficient (Wildman–Crippen LogP) is 2.69. The van der Waals surface area contributed by atoms with Gasteiger partial charge in [-0.25, -0.2) is 14.2 Å². The van der Waals surface area contributed by atoms with Gasteiger partial charge in [-0.2, -0.15) is 5.26 Å². The predicted molar refractivity (Wildman–Crippen MR) is 113 cm³/mol. The quantitative estimate of drug-likeness (QED) is 0.524. The Balaban J connectivity index is 1.54. The summed E-state index contributed by atoms with van der Waals surface area (Å²) in [4.78, 5) is 29.7. The molecule has 0 atom stereocenters. The molecule has 8 heteroatoms. The van der Waals surface area contributed by atoms with Gasteiger partial charge in [0.25, 0.3) is 5.91 Å². The van der Waals surface area contributed by atoms with E-state index in [1.54, 1.807) is 53.2 Å². The van der Waals surface area contributed by atoms with Gasteiger partial charge < -0.3 is 5.32 Å². The maximum absolute atomic E-state index is 13.2. The molecule has 2 heterocycles. The number of fused-ring (bicyclic) bond motifs is 1. The highest BCUT2D eigenvalue weighted by molar-refractivity contribution is 5.94. The first-order valence-electron chi connectivity index (χ1n) is 9.63. The average Bonchev–Trinajstić information content (AvgIpc) is 3.06. The molecule has 2 aromatic heterocycles. The molecule has 0 saturated carbocycles. The molecule has 4 aromatic rings. The van der Waals surface area contributed by atoms with Crippen molar-refractivity contribution in [3.05, 3.63) is 99.9 Å². The third-order valence-corrected chi connectivity index (χ3v) is 4.90. The molecule has 0 aliphatic heterocycles. The van der Waals surface area contributed by atoms with E-state index in [0.717, 1.165) is 5.56 Å². The van der Waals surface area contributed by atoms with Gasteiger partial charge in [0.05, 0.1) is 23.7 Å². The van der Waals surface area contributed by atoms with Gasteiger partial charge >= 0.3 is 5.69 Å². The molecule has 7 nitrogen and oxygen atoms in total. The molecule has 0 fully saturated rings. The van der Waals surface area contributed by atoms with E-state index in [9.17, 15) is 14.0 Å². The lowest BCUT2D eigenvalue weighted by Crippen LogP contribution is -2.32. The summed E-state index contributed by atoms with van der Waals surface area (Å²) in [6, 6.07) is 17.9. The van der Waals surface area contributed by atoms with E-state index in [1.165, 1.54) is 22.8 Å². The highest BCUT2D eigenvalue weighted by atomic mass is 19.1. The van der Waals surface area contributed by atoms with Crippen molar-refractivity contribution < 1.29 is 9.18 Å². The fourth-order valence-electron chi connectivity index (χ4n) is 3.39. The maximum Gasteiger partial charge on any atom is 0.330 e. The number of aromatic nitrogens is 3. The number of amides is 1. The minimum atomic E-state index is -0.337. The first-order valence-corrected chi connectivity index (χ1v) is 9.63. The Morgan fingerprint density at radius 1 is 1.10 bits per heavy atom. The lowest BCUT2D eigenvalue weighted by Gasteiger charge is -2.06. The van der Waals surface area contributed by atoms with Crippen LogP contribution in [-0.2, 0) is 13.1 Å². The van der Waals surface area contributed by atoms with Gasteiger partial charge in [0.1, 0.15) is 5.82 Å². The molecular formula is C23H18FN5O2. The van der Waals surface area contributed by atoms with Crippen LogP contribution < -0.4 is 11.0 Å². The van der Waals surface area contributed by atoms with Crippen molar-refractivity contribution in [2.45, 2.75) is 13.1 Å². The maximum atomic E-state index is 13.2. The molecule has 31 heavy (non-hydrogen) atoms. The van der Waals surface area contributed by atoms with Crippen LogP contribution in [0.3, 0.4) is 0 Å². The number of hydrogen-bond acceptors (Lipinski definition) is 4. The molecule has 0 bridgehead atoms. The van der Waals surface area contributed by atoms with Crippen LogP contribution in [0.25, 0.3) is 11.2 Å². The van der Waals surface area contributed by atoms with Crippen molar-refractivity contribution in [1.29, 1.82) is 5.26 Å². The first kappa shape index (κ1) is 20.0. The van der Waals surface area contributed by atoms with E-state index in [-0.39, 0.29) is 37.0 Å². The van der Waals surface area contributed by atoms with Crippen LogP contribution in [0.4, 0.5) is 4.39 Å². The monoisotopic (exact) mass is 415 g/mol. The van der Waals surface area contributed by atoms with Crippen molar-refractivity contribution in [2.75, 3.05) is 6.54 Å². The second-order valence-corrected chi connectivity index (χ2v) is 6.94. The number of rotatable bonds is 6. The lowest BCUT2D eigenvalue weighted by atomic mass is 10.1. The van der Waals surface area contributed by atoms with E-state index < -0.39 is 0 Å². The van der Waals surface area contributed by atoms with E-state index >= 15 is 0 Å². The van der Waals surface area contributed by atoms with Gasteiger partial charge in [0.15, 0.2) is 5.65 Å². The van der Waals surface area contributed by atoms with Crippen LogP contribution >= 0.6 is 0 Å². The number of carbonyl (C=O) groups excluding carboxylic acids is 1. The van der Waals surface area contributed by atoms with Crippen molar-refractivity contribution in [1.82, 2.24) is 19.4 Å². The second-order valence-electron chi connectivity index (χ2n) is 6.94. The van der Waals surface area contributed by atoms with Crippen LogP contribution in [-0.4, -0.2) is 26.6 Å². The number of nitrogens with zero attached hydrogens (tertiary/aromatic N) is 4. The topological polar surface area (TPSA) is 92.7 Å². The van der Waals surface area contributed by atoms with Crippen LogP contribution in [0, 0.1) is 17.1 Å². The Hall–Kier alpha value is -4.25. The summed E-state index contributed by atoms with van der Waals surface area (Å²) in [5.74, 6) is -0.663. The molecule has 0 radical (unpaired) electrons. The van der Waals surface area contributed by atoms with Gasteiger partial charge in [0.2, 0.25) is 0 Å². The minimum absolute atomic E-state index is 0.210. The summed E-state index contributed by atoms with van der Waals surface area (Å²) < 4.78 is 16.3. The highest BCUT2D eigenvalue weighted by Crippen LogP contribution is 2.13. The molecule has 4 rings (SSSR count). The summed E-state index contributed by atoms with van der Waals surface area (Å²) >= 11 is 0. The number of nitrogens with one attached hydrogen (secondary N) is 1.